The van der Waals surface area contributed by atoms with Crippen molar-refractivity contribution >= 4 is 34.6 Å². The summed E-state index contributed by atoms with van der Waals surface area (Å²) in [6, 6.07) is 5.55. The lowest BCUT2D eigenvalue weighted by atomic mass is 9.75. The number of fused-ring (bicyclic) bond motifs is 1. The molecule has 0 aliphatic heterocycles. The molecule has 1 aliphatic rings. The van der Waals surface area contributed by atoms with Crippen molar-refractivity contribution in [3.05, 3.63) is 52.7 Å². The highest BCUT2D eigenvalue weighted by atomic mass is 32.1. The highest BCUT2D eigenvalue weighted by Crippen LogP contribution is 2.38. The fourth-order valence-corrected chi connectivity index (χ4v) is 3.32. The molecule has 1 aromatic carbocycles. The van der Waals surface area contributed by atoms with Crippen LogP contribution in [0.1, 0.15) is 47.7 Å². The van der Waals surface area contributed by atoms with Crippen LogP contribution >= 0.6 is 12.2 Å². The van der Waals surface area contributed by atoms with Crippen molar-refractivity contribution in [1.29, 1.82) is 0 Å². The molecule has 1 aliphatic carbocycles. The summed E-state index contributed by atoms with van der Waals surface area (Å²) in [5.74, 6) is 0.153. The second kappa shape index (κ2) is 7.11. The van der Waals surface area contributed by atoms with E-state index in [1.165, 1.54) is 24.3 Å². The third kappa shape index (κ3) is 4.16. The molecule has 0 unspecified atom stereocenters. The molecule has 0 bridgehead atoms. The molecule has 1 heterocycles. The van der Waals surface area contributed by atoms with Gasteiger partial charge >= 0.3 is 0 Å². The van der Waals surface area contributed by atoms with Gasteiger partial charge in [-0.15, -0.1) is 0 Å². The summed E-state index contributed by atoms with van der Waals surface area (Å²) in [4.78, 5) is 12.7. The lowest BCUT2D eigenvalue weighted by molar-refractivity contribution is 0.0993. The molecule has 8 heteroatoms. The Labute approximate surface area is 162 Å². The van der Waals surface area contributed by atoms with E-state index in [0.717, 1.165) is 11.3 Å². The Morgan fingerprint density at radius 1 is 1.30 bits per heavy atom. The van der Waals surface area contributed by atoms with E-state index in [0.29, 0.717) is 29.9 Å². The molecule has 0 radical (unpaired) electrons. The molecule has 1 aromatic heterocycles. The van der Waals surface area contributed by atoms with Crippen LogP contribution in [-0.2, 0) is 6.42 Å². The zero-order valence-corrected chi connectivity index (χ0v) is 16.2. The molecule has 3 rings (SSSR count). The molecule has 2 aromatic rings. The van der Waals surface area contributed by atoms with Crippen molar-refractivity contribution in [3.8, 4) is 0 Å². The van der Waals surface area contributed by atoms with Crippen molar-refractivity contribution < 1.29 is 13.6 Å². The number of nitrogens with one attached hydrogen (secondary N) is 2. The van der Waals surface area contributed by atoms with E-state index in [1.807, 2.05) is 6.92 Å². The molecule has 1 amide bonds. The van der Waals surface area contributed by atoms with Crippen molar-refractivity contribution in [2.45, 2.75) is 33.6 Å². The van der Waals surface area contributed by atoms with Crippen LogP contribution in [0.3, 0.4) is 0 Å². The van der Waals surface area contributed by atoms with Crippen molar-refractivity contribution in [2.75, 3.05) is 5.32 Å². The lowest BCUT2D eigenvalue weighted by Crippen LogP contribution is -2.31. The van der Waals surface area contributed by atoms with Crippen LogP contribution < -0.4 is 16.5 Å². The lowest BCUT2D eigenvalue weighted by Gasteiger charge is -2.29. The largest absolute Gasteiger partial charge is 0.455 e. The highest BCUT2D eigenvalue weighted by molar-refractivity contribution is 7.80. The smallest absolute Gasteiger partial charge is 0.291 e. The highest BCUT2D eigenvalue weighted by Gasteiger charge is 2.36. The first kappa shape index (κ1) is 19.0. The fourth-order valence-electron chi connectivity index (χ4n) is 3.27. The van der Waals surface area contributed by atoms with Crippen LogP contribution in [0.4, 0.5) is 10.1 Å². The number of benzene rings is 1. The standard InChI is InChI=1S/C19H21FN4O2S/c1-10-15-13(23-24-18(21)27)8-19(2,3)9-14(15)26-16(10)17(25)22-12-6-4-11(20)5-7-12/h4-7H,8-9H2,1-3H3,(H,22,25)(H3,21,24,27)/b23-13-. The van der Waals surface area contributed by atoms with Crippen LogP contribution in [0.5, 0.6) is 0 Å². The quantitative estimate of drug-likeness (QED) is 0.553. The van der Waals surface area contributed by atoms with Crippen molar-refractivity contribution in [1.82, 2.24) is 5.43 Å². The van der Waals surface area contributed by atoms with Gasteiger partial charge < -0.3 is 15.5 Å². The summed E-state index contributed by atoms with van der Waals surface area (Å²) in [5, 5.41) is 7.11. The number of furan rings is 1. The maximum Gasteiger partial charge on any atom is 0.291 e. The molecule has 0 fully saturated rings. The zero-order valence-electron chi connectivity index (χ0n) is 15.4. The molecule has 0 spiro atoms. The maximum absolute atomic E-state index is 13.0. The Morgan fingerprint density at radius 3 is 2.59 bits per heavy atom. The number of anilines is 1. The number of hydrogen-bond donors (Lipinski definition) is 3. The summed E-state index contributed by atoms with van der Waals surface area (Å²) in [5.41, 5.74) is 10.8. The number of hydrogen-bond acceptors (Lipinski definition) is 4. The van der Waals surface area contributed by atoms with E-state index in [-0.39, 0.29) is 22.1 Å². The Balaban J connectivity index is 1.95. The van der Waals surface area contributed by atoms with Crippen LogP contribution in [0.25, 0.3) is 0 Å². The van der Waals surface area contributed by atoms with Gasteiger partial charge in [0.1, 0.15) is 11.6 Å². The Morgan fingerprint density at radius 2 is 1.96 bits per heavy atom. The van der Waals surface area contributed by atoms with Gasteiger partial charge in [-0.05, 0) is 55.2 Å². The third-order valence-electron chi connectivity index (χ3n) is 4.40. The van der Waals surface area contributed by atoms with Gasteiger partial charge in [0.15, 0.2) is 10.9 Å². The number of halogens is 1. The summed E-state index contributed by atoms with van der Waals surface area (Å²) >= 11 is 4.83. The summed E-state index contributed by atoms with van der Waals surface area (Å²) < 4.78 is 19.0. The van der Waals surface area contributed by atoms with Gasteiger partial charge in [-0.25, -0.2) is 4.39 Å². The molecule has 4 N–H and O–H groups in total. The first-order valence-electron chi connectivity index (χ1n) is 8.48. The number of nitrogens with zero attached hydrogens (tertiary/aromatic N) is 1. The molecular weight excluding hydrogens is 367 g/mol. The van der Waals surface area contributed by atoms with Crippen LogP contribution in [-0.4, -0.2) is 16.7 Å². The van der Waals surface area contributed by atoms with E-state index >= 15 is 0 Å². The van der Waals surface area contributed by atoms with E-state index < -0.39 is 5.91 Å². The Kier molecular flexibility index (Phi) is 5.01. The van der Waals surface area contributed by atoms with E-state index in [9.17, 15) is 9.18 Å². The van der Waals surface area contributed by atoms with Crippen molar-refractivity contribution in [2.24, 2.45) is 16.3 Å². The fraction of sp³-hybridized carbons (Fsp3) is 0.316. The predicted octanol–water partition coefficient (Wildman–Crippen LogP) is 3.49. The van der Waals surface area contributed by atoms with Crippen LogP contribution in [0.2, 0.25) is 0 Å². The normalized spacial score (nSPS) is 16.7. The van der Waals surface area contributed by atoms with Crippen LogP contribution in [0, 0.1) is 18.2 Å². The van der Waals surface area contributed by atoms with Gasteiger partial charge in [0.25, 0.3) is 5.91 Å². The minimum absolute atomic E-state index is 0.0721. The summed E-state index contributed by atoms with van der Waals surface area (Å²) in [7, 11) is 0. The number of amides is 1. The molecule has 0 saturated carbocycles. The van der Waals surface area contributed by atoms with Gasteiger partial charge in [0, 0.05) is 23.2 Å². The second-order valence-corrected chi connectivity index (χ2v) is 7.81. The topological polar surface area (TPSA) is 92.6 Å². The minimum atomic E-state index is -0.395. The van der Waals surface area contributed by atoms with E-state index in [4.69, 9.17) is 22.4 Å². The van der Waals surface area contributed by atoms with Gasteiger partial charge in [0.05, 0.1) is 5.71 Å². The van der Waals surface area contributed by atoms with Crippen LogP contribution in [0.15, 0.2) is 33.8 Å². The molecular formula is C19H21FN4O2S. The van der Waals surface area contributed by atoms with Gasteiger partial charge in [0.2, 0.25) is 0 Å². The van der Waals surface area contributed by atoms with Gasteiger partial charge in [-0.2, -0.15) is 5.10 Å². The summed E-state index contributed by atoms with van der Waals surface area (Å²) in [6.07, 6.45) is 1.37. The van der Waals surface area contributed by atoms with Gasteiger partial charge in [-0.1, -0.05) is 13.8 Å². The maximum atomic E-state index is 13.0. The number of thiocarbonyl (C=S) groups is 1. The summed E-state index contributed by atoms with van der Waals surface area (Å²) in [6.45, 7) is 6.02. The number of rotatable bonds is 3. The zero-order chi connectivity index (χ0) is 19.8. The Bertz CT molecular complexity index is 932. The van der Waals surface area contributed by atoms with Crippen molar-refractivity contribution in [3.63, 3.8) is 0 Å². The average Bonchev–Trinajstić information content (AvgIpc) is 2.90. The van der Waals surface area contributed by atoms with Gasteiger partial charge in [-0.3, -0.25) is 10.2 Å². The van der Waals surface area contributed by atoms with E-state index in [2.05, 4.69) is 29.7 Å². The number of carbonyl (C=O) groups excluding carboxylic acids is 1. The number of nitrogens with two attached hydrogens (primary N) is 1. The molecule has 142 valence electrons. The first-order valence-corrected chi connectivity index (χ1v) is 8.89. The first-order chi connectivity index (χ1) is 12.7. The second-order valence-electron chi connectivity index (χ2n) is 7.37. The number of carbonyl (C=O) groups is 1. The molecule has 0 saturated heterocycles. The number of hydrazone groups is 1. The van der Waals surface area contributed by atoms with E-state index in [1.54, 1.807) is 0 Å². The monoisotopic (exact) mass is 388 g/mol. The molecule has 6 nitrogen and oxygen atoms in total. The Hall–Kier alpha value is -2.74. The SMILES string of the molecule is Cc1c(C(=O)Nc2ccc(F)cc2)oc2c1/C(=N\NC(N)=S)CC(C)(C)C2. The average molecular weight is 388 g/mol. The third-order valence-corrected chi connectivity index (χ3v) is 4.49. The molecule has 27 heavy (non-hydrogen) atoms. The minimum Gasteiger partial charge on any atom is -0.455 e. The predicted molar refractivity (Wildman–Crippen MR) is 106 cm³/mol. The molecule has 0 atom stereocenters.